The summed E-state index contributed by atoms with van der Waals surface area (Å²) in [4.78, 5) is 52.8. The van der Waals surface area contributed by atoms with Gasteiger partial charge in [-0.05, 0) is 74.2 Å². The number of fused-ring (bicyclic) bond motifs is 2. The van der Waals surface area contributed by atoms with Gasteiger partial charge in [0.1, 0.15) is 22.4 Å². The van der Waals surface area contributed by atoms with E-state index < -0.39 is 29.3 Å². The molecule has 2 amide bonds. The molecule has 2 aromatic heterocycles. The fourth-order valence-corrected chi connectivity index (χ4v) is 6.23. The summed E-state index contributed by atoms with van der Waals surface area (Å²) >= 11 is 9.36. The number of ether oxygens (including phenoxy) is 1. The quantitative estimate of drug-likeness (QED) is 0.347. The average Bonchev–Trinajstić information content (AvgIpc) is 2.90. The monoisotopic (exact) mass is 698 g/mol. The summed E-state index contributed by atoms with van der Waals surface area (Å²) in [6.07, 6.45) is -1.70. The highest BCUT2D eigenvalue weighted by Crippen LogP contribution is 2.38. The van der Waals surface area contributed by atoms with E-state index in [9.17, 15) is 27.6 Å². The minimum atomic E-state index is -4.59. The van der Waals surface area contributed by atoms with E-state index in [1.54, 1.807) is 9.47 Å². The van der Waals surface area contributed by atoms with Gasteiger partial charge < -0.3 is 24.4 Å². The SMILES string of the molecule is CCc1c(N2CCN(C(=O)OC(C)(C)C)C3CCC32)c(=O)c2nc(Br)cnc2n1CC(=O)Nc1ccc(C(F)(F)F)cc1Cl. The maximum absolute atomic E-state index is 14.0. The molecule has 1 aliphatic heterocycles. The van der Waals surface area contributed by atoms with E-state index >= 15 is 0 Å². The molecule has 0 bridgehead atoms. The van der Waals surface area contributed by atoms with Gasteiger partial charge in [0.15, 0.2) is 11.2 Å². The van der Waals surface area contributed by atoms with E-state index in [4.69, 9.17) is 16.3 Å². The Morgan fingerprint density at radius 2 is 1.86 bits per heavy atom. The number of aromatic nitrogens is 3. The Kier molecular flexibility index (Phi) is 8.62. The number of piperazine rings is 1. The highest BCUT2D eigenvalue weighted by atomic mass is 79.9. The second kappa shape index (κ2) is 11.8. The van der Waals surface area contributed by atoms with Crippen LogP contribution in [0, 0.1) is 0 Å². The first kappa shape index (κ1) is 32.0. The number of amides is 2. The molecule has 2 aliphatic rings. The minimum absolute atomic E-state index is 0.0118. The lowest BCUT2D eigenvalue weighted by molar-refractivity contribution is -0.137. The molecule has 5 rings (SSSR count). The predicted molar refractivity (Wildman–Crippen MR) is 163 cm³/mol. The molecule has 15 heteroatoms. The van der Waals surface area contributed by atoms with Gasteiger partial charge >= 0.3 is 12.3 Å². The largest absolute Gasteiger partial charge is 0.444 e. The molecule has 1 saturated heterocycles. The number of rotatable bonds is 5. The molecule has 2 atom stereocenters. The third kappa shape index (κ3) is 6.23. The number of pyridine rings is 1. The zero-order chi connectivity index (χ0) is 32.1. The number of nitrogens with one attached hydrogen (secondary N) is 1. The van der Waals surface area contributed by atoms with Crippen molar-refractivity contribution in [2.75, 3.05) is 23.3 Å². The van der Waals surface area contributed by atoms with Gasteiger partial charge in [0.05, 0.1) is 28.5 Å². The second-order valence-electron chi connectivity index (χ2n) is 11.7. The molecule has 236 valence electrons. The molecule has 1 N–H and O–H groups in total. The number of alkyl halides is 3. The summed E-state index contributed by atoms with van der Waals surface area (Å²) in [6.45, 7) is 7.68. The molecule has 3 heterocycles. The summed E-state index contributed by atoms with van der Waals surface area (Å²) < 4.78 is 46.8. The first-order valence-corrected chi connectivity index (χ1v) is 15.3. The van der Waals surface area contributed by atoms with E-state index in [0.717, 1.165) is 31.0 Å². The van der Waals surface area contributed by atoms with Crippen LogP contribution < -0.4 is 15.6 Å². The molecular weight excluding hydrogens is 669 g/mol. The van der Waals surface area contributed by atoms with E-state index in [1.165, 1.54) is 6.20 Å². The lowest BCUT2D eigenvalue weighted by Gasteiger charge is -2.54. The average molecular weight is 700 g/mol. The molecule has 1 aromatic carbocycles. The molecule has 1 saturated carbocycles. The van der Waals surface area contributed by atoms with Gasteiger partial charge in [-0.25, -0.2) is 14.8 Å². The van der Waals surface area contributed by atoms with Crippen LogP contribution >= 0.6 is 27.5 Å². The zero-order valence-electron chi connectivity index (χ0n) is 24.5. The standard InChI is InChI=1S/C29H31BrClF3N6O4/c1-5-18-24(38-10-11-39(20-9-8-19(20)38)27(43)44-28(2,3)4)25(42)23-26(35-13-21(30)37-23)40(18)14-22(41)36-17-7-6-15(12-16(17)31)29(32,33)34/h6-7,12-13,19-20H,5,8-11,14H2,1-4H3,(H,36,41). The number of hydrogen-bond donors (Lipinski definition) is 1. The predicted octanol–water partition coefficient (Wildman–Crippen LogP) is 6.02. The van der Waals surface area contributed by atoms with Gasteiger partial charge in [-0.15, -0.1) is 0 Å². The highest BCUT2D eigenvalue weighted by Gasteiger charge is 2.47. The Morgan fingerprint density at radius 1 is 1.16 bits per heavy atom. The maximum atomic E-state index is 14.0. The number of hydrogen-bond acceptors (Lipinski definition) is 7. The summed E-state index contributed by atoms with van der Waals surface area (Å²) in [5.74, 6) is -0.585. The van der Waals surface area contributed by atoms with Gasteiger partial charge in [0, 0.05) is 24.8 Å². The van der Waals surface area contributed by atoms with Crippen LogP contribution in [0.5, 0.6) is 0 Å². The first-order chi connectivity index (χ1) is 20.6. The summed E-state index contributed by atoms with van der Waals surface area (Å²) in [5, 5.41) is 2.31. The van der Waals surface area contributed by atoms with E-state index in [-0.39, 0.29) is 45.9 Å². The second-order valence-corrected chi connectivity index (χ2v) is 13.0. The number of anilines is 2. The highest BCUT2D eigenvalue weighted by molar-refractivity contribution is 9.10. The van der Waals surface area contributed by atoms with Gasteiger partial charge in [-0.2, -0.15) is 13.2 Å². The molecule has 10 nitrogen and oxygen atoms in total. The number of carbonyl (C=O) groups excluding carboxylic acids is 2. The van der Waals surface area contributed by atoms with E-state index in [1.807, 2.05) is 32.6 Å². The van der Waals surface area contributed by atoms with Crippen molar-refractivity contribution in [3.63, 3.8) is 0 Å². The van der Waals surface area contributed by atoms with Crippen molar-refractivity contribution in [2.24, 2.45) is 0 Å². The van der Waals surface area contributed by atoms with Crippen molar-refractivity contribution in [3.8, 4) is 0 Å². The zero-order valence-corrected chi connectivity index (χ0v) is 26.8. The summed E-state index contributed by atoms with van der Waals surface area (Å²) in [6, 6.07) is 2.39. The maximum Gasteiger partial charge on any atom is 0.416 e. The Labute approximate surface area is 264 Å². The van der Waals surface area contributed by atoms with Crippen LogP contribution in [0.15, 0.2) is 33.8 Å². The number of halogens is 5. The fourth-order valence-electron chi connectivity index (χ4n) is 5.72. The molecule has 2 fully saturated rings. The van der Waals surface area contributed by atoms with Crippen LogP contribution in [0.3, 0.4) is 0 Å². The van der Waals surface area contributed by atoms with Crippen LogP contribution in [-0.4, -0.2) is 62.2 Å². The first-order valence-electron chi connectivity index (χ1n) is 14.1. The summed E-state index contributed by atoms with van der Waals surface area (Å²) in [7, 11) is 0. The molecule has 3 aromatic rings. The minimum Gasteiger partial charge on any atom is -0.444 e. The van der Waals surface area contributed by atoms with E-state index in [2.05, 4.69) is 31.2 Å². The van der Waals surface area contributed by atoms with Crippen molar-refractivity contribution >= 4 is 62.1 Å². The summed E-state index contributed by atoms with van der Waals surface area (Å²) in [5.41, 5.74) is -0.752. The Morgan fingerprint density at radius 3 is 2.45 bits per heavy atom. The van der Waals surface area contributed by atoms with E-state index in [0.29, 0.717) is 35.5 Å². The third-order valence-corrected chi connectivity index (χ3v) is 8.41. The van der Waals surface area contributed by atoms with Crippen LogP contribution in [0.25, 0.3) is 11.2 Å². The smallest absolute Gasteiger partial charge is 0.416 e. The van der Waals surface area contributed by atoms with Crippen molar-refractivity contribution in [2.45, 2.75) is 77.4 Å². The van der Waals surface area contributed by atoms with Crippen molar-refractivity contribution in [3.05, 3.63) is 55.5 Å². The Balaban J connectivity index is 1.51. The Bertz CT molecular complexity index is 1690. The van der Waals surface area contributed by atoms with Crippen LogP contribution in [0.4, 0.5) is 29.3 Å². The molecule has 2 unspecified atom stereocenters. The van der Waals surface area contributed by atoms with Crippen LogP contribution in [0.2, 0.25) is 5.02 Å². The Hall–Kier alpha value is -3.39. The molecule has 1 aliphatic carbocycles. The lowest BCUT2D eigenvalue weighted by atomic mass is 9.81. The normalized spacial score (nSPS) is 18.6. The number of carbonyl (C=O) groups is 2. The third-order valence-electron chi connectivity index (χ3n) is 7.72. The van der Waals surface area contributed by atoms with Crippen molar-refractivity contribution < 1.29 is 27.5 Å². The molecule has 44 heavy (non-hydrogen) atoms. The molecule has 0 radical (unpaired) electrons. The topological polar surface area (TPSA) is 110 Å². The van der Waals surface area contributed by atoms with Gasteiger partial charge in [0.2, 0.25) is 11.3 Å². The number of nitrogens with zero attached hydrogens (tertiary/aromatic N) is 5. The van der Waals surface area contributed by atoms with Crippen LogP contribution in [0.1, 0.15) is 51.8 Å². The van der Waals surface area contributed by atoms with Gasteiger partial charge in [0.25, 0.3) is 0 Å². The van der Waals surface area contributed by atoms with Crippen molar-refractivity contribution in [1.29, 1.82) is 0 Å². The fraction of sp³-hybridized carbons (Fsp3) is 0.483. The van der Waals surface area contributed by atoms with Crippen LogP contribution in [-0.2, 0) is 28.7 Å². The lowest BCUT2D eigenvalue weighted by Crippen LogP contribution is -2.67. The number of benzene rings is 1. The molecular formula is C29H31BrClF3N6O4. The molecule has 0 spiro atoms. The van der Waals surface area contributed by atoms with Gasteiger partial charge in [-0.3, -0.25) is 9.59 Å². The van der Waals surface area contributed by atoms with Gasteiger partial charge in [-0.1, -0.05) is 18.5 Å². The van der Waals surface area contributed by atoms with Crippen molar-refractivity contribution in [1.82, 2.24) is 19.4 Å².